The molecule has 0 bridgehead atoms. The molecule has 2 aromatic rings. The van der Waals surface area contributed by atoms with Gasteiger partial charge in [-0.15, -0.1) is 0 Å². The fourth-order valence-electron chi connectivity index (χ4n) is 2.26. The number of nitrogens with two attached hydrogens (primary N) is 1. The Morgan fingerprint density at radius 3 is 2.92 bits per heavy atom. The van der Waals surface area contributed by atoms with Crippen molar-refractivity contribution in [3.63, 3.8) is 0 Å². The molecule has 1 aliphatic heterocycles. The van der Waals surface area contributed by atoms with Crippen molar-refractivity contribution in [1.82, 2.24) is 9.97 Å². The molecule has 0 spiro atoms. The first-order valence-corrected chi connectivity index (χ1v) is 7.74. The molecule has 1 aromatic carbocycles. The third kappa shape index (κ3) is 3.63. The van der Waals surface area contributed by atoms with E-state index in [2.05, 4.69) is 15.3 Å². The van der Waals surface area contributed by atoms with E-state index in [1.165, 1.54) is 0 Å². The molecule has 0 fully saturated rings. The van der Waals surface area contributed by atoms with E-state index in [0.717, 1.165) is 11.5 Å². The van der Waals surface area contributed by atoms with Crippen LogP contribution in [-0.4, -0.2) is 42.6 Å². The van der Waals surface area contributed by atoms with E-state index in [-0.39, 0.29) is 25.1 Å². The lowest BCUT2D eigenvalue weighted by Gasteiger charge is -2.17. The number of rotatable bonds is 6. The maximum absolute atomic E-state index is 11.8. The number of ether oxygens (including phenoxy) is 2. The van der Waals surface area contributed by atoms with Gasteiger partial charge in [0.2, 0.25) is 0 Å². The van der Waals surface area contributed by atoms with Crippen LogP contribution in [0.1, 0.15) is 10.4 Å². The molecule has 0 radical (unpaired) electrons. The van der Waals surface area contributed by atoms with Gasteiger partial charge in [0, 0.05) is 0 Å². The van der Waals surface area contributed by atoms with E-state index in [0.29, 0.717) is 23.6 Å². The third-order valence-corrected chi connectivity index (χ3v) is 3.69. The van der Waals surface area contributed by atoms with Crippen LogP contribution in [0.3, 0.4) is 0 Å². The molecule has 0 saturated heterocycles. The predicted molar refractivity (Wildman–Crippen MR) is 92.3 cm³/mol. The van der Waals surface area contributed by atoms with E-state index in [1.807, 2.05) is 11.0 Å². The molecule has 0 atom stereocenters. The van der Waals surface area contributed by atoms with Crippen molar-refractivity contribution in [3.05, 3.63) is 40.5 Å². The lowest BCUT2D eigenvalue weighted by Crippen LogP contribution is -2.27. The van der Waals surface area contributed by atoms with Gasteiger partial charge in [-0.3, -0.25) is 0 Å². The Morgan fingerprint density at radius 2 is 2.12 bits per heavy atom. The molecule has 4 N–H and O–H groups in total. The smallest absolute Gasteiger partial charge is 0.338 e. The van der Waals surface area contributed by atoms with Gasteiger partial charge in [0.1, 0.15) is 24.8 Å². The van der Waals surface area contributed by atoms with E-state index >= 15 is 0 Å². The fourth-order valence-corrected chi connectivity index (χ4v) is 2.53. The minimum atomic E-state index is -0.365. The van der Waals surface area contributed by atoms with Gasteiger partial charge < -0.3 is 30.4 Å². The molecule has 1 aliphatic rings. The highest BCUT2D eigenvalue weighted by molar-refractivity contribution is 7.71. The summed E-state index contributed by atoms with van der Waals surface area (Å²) in [5.41, 5.74) is 6.93. The van der Waals surface area contributed by atoms with Gasteiger partial charge in [-0.25, -0.2) is 9.78 Å². The molecular weight excluding hydrogens is 330 g/mol. The second-order valence-electron chi connectivity index (χ2n) is 5.06. The lowest BCUT2D eigenvalue weighted by molar-refractivity contribution is 0.0320. The van der Waals surface area contributed by atoms with Crippen LogP contribution in [-0.2, 0) is 9.47 Å². The minimum Gasteiger partial charge on any atom is -0.460 e. The Bertz CT molecular complexity index is 780. The quantitative estimate of drug-likeness (QED) is 0.412. The number of hydrogen-bond acceptors (Lipinski definition) is 8. The van der Waals surface area contributed by atoms with E-state index < -0.39 is 0 Å². The molecule has 0 aliphatic carbocycles. The lowest BCUT2D eigenvalue weighted by atomic mass is 10.2. The molecule has 1 aromatic heterocycles. The number of benzene rings is 1. The number of nitrogen functional groups attached to an aromatic ring is 1. The summed E-state index contributed by atoms with van der Waals surface area (Å²) >= 11 is 5.15. The summed E-state index contributed by atoms with van der Waals surface area (Å²) in [6.07, 6.45) is 0. The summed E-state index contributed by atoms with van der Waals surface area (Å²) in [5.74, 6) is 0.633. The monoisotopic (exact) mass is 347 g/mol. The van der Waals surface area contributed by atoms with Gasteiger partial charge in [0.15, 0.2) is 10.6 Å². The average Bonchev–Trinajstić information content (AvgIpc) is 2.98. The summed E-state index contributed by atoms with van der Waals surface area (Å²) < 4.78 is 11.1. The summed E-state index contributed by atoms with van der Waals surface area (Å²) in [4.78, 5) is 20.6. The predicted octanol–water partition coefficient (Wildman–Crippen LogP) is 1.74. The Balaban J connectivity index is 1.44. The standard InChI is InChI=1S/C15H17N5O3S/c16-15-18-12-11(13(24)19-15)17-8-20(12)9-22-6-7-23-14(21)10-4-2-1-3-5-10/h1-5,17H,6-9H2,(H3,16,18,19,24). The van der Waals surface area contributed by atoms with Crippen LogP contribution in [0.4, 0.5) is 17.5 Å². The highest BCUT2D eigenvalue weighted by Gasteiger charge is 2.21. The fraction of sp³-hybridized carbons (Fsp3) is 0.267. The van der Waals surface area contributed by atoms with Crippen LogP contribution in [0.5, 0.6) is 0 Å². The van der Waals surface area contributed by atoms with Gasteiger partial charge in [-0.1, -0.05) is 30.4 Å². The Labute approximate surface area is 143 Å². The van der Waals surface area contributed by atoms with Crippen LogP contribution in [0.25, 0.3) is 0 Å². The molecule has 3 rings (SSSR count). The number of aromatic amines is 1. The number of esters is 1. The second kappa shape index (κ2) is 7.28. The van der Waals surface area contributed by atoms with Gasteiger partial charge in [-0.05, 0) is 12.1 Å². The van der Waals surface area contributed by atoms with Crippen molar-refractivity contribution in [2.75, 3.05) is 42.6 Å². The number of carbonyl (C=O) groups excluding carboxylic acids is 1. The summed E-state index contributed by atoms with van der Waals surface area (Å²) in [6, 6.07) is 8.83. The Kier molecular flexibility index (Phi) is 4.92. The van der Waals surface area contributed by atoms with Crippen molar-refractivity contribution in [3.8, 4) is 0 Å². The van der Waals surface area contributed by atoms with Gasteiger partial charge in [0.25, 0.3) is 0 Å². The first-order valence-electron chi connectivity index (χ1n) is 7.33. The van der Waals surface area contributed by atoms with Crippen molar-refractivity contribution in [2.45, 2.75) is 0 Å². The minimum absolute atomic E-state index is 0.177. The zero-order chi connectivity index (χ0) is 16.9. The Morgan fingerprint density at radius 1 is 1.33 bits per heavy atom. The highest BCUT2D eigenvalue weighted by Crippen LogP contribution is 2.29. The zero-order valence-electron chi connectivity index (χ0n) is 12.8. The topological polar surface area (TPSA) is 106 Å². The maximum atomic E-state index is 11.8. The van der Waals surface area contributed by atoms with Crippen LogP contribution in [0, 0.1) is 4.64 Å². The zero-order valence-corrected chi connectivity index (χ0v) is 13.6. The summed E-state index contributed by atoms with van der Waals surface area (Å²) in [6.45, 7) is 1.30. The van der Waals surface area contributed by atoms with Crippen LogP contribution in [0.15, 0.2) is 30.3 Å². The Hall–Kier alpha value is -2.65. The number of aromatic nitrogens is 2. The van der Waals surface area contributed by atoms with E-state index in [4.69, 9.17) is 27.4 Å². The molecular formula is C15H17N5O3S. The van der Waals surface area contributed by atoms with Crippen LogP contribution in [0.2, 0.25) is 0 Å². The summed E-state index contributed by atoms with van der Waals surface area (Å²) in [7, 11) is 0. The number of nitrogens with one attached hydrogen (secondary N) is 2. The SMILES string of the molecule is Nc1nc(=S)c2c([nH]1)N(COCCOC(=O)c1ccccc1)CN2. The normalized spacial score (nSPS) is 12.6. The largest absolute Gasteiger partial charge is 0.460 e. The van der Waals surface area contributed by atoms with Gasteiger partial charge in [-0.2, -0.15) is 0 Å². The third-order valence-electron chi connectivity index (χ3n) is 3.40. The van der Waals surface area contributed by atoms with Gasteiger partial charge in [0.05, 0.1) is 18.8 Å². The number of nitrogens with zero attached hydrogens (tertiary/aromatic N) is 2. The molecule has 126 valence electrons. The molecule has 0 saturated carbocycles. The molecule has 2 heterocycles. The first-order chi connectivity index (χ1) is 11.6. The van der Waals surface area contributed by atoms with Gasteiger partial charge >= 0.3 is 5.97 Å². The molecule has 0 unspecified atom stereocenters. The summed E-state index contributed by atoms with van der Waals surface area (Å²) in [5, 5.41) is 3.13. The maximum Gasteiger partial charge on any atom is 0.338 e. The van der Waals surface area contributed by atoms with E-state index in [9.17, 15) is 4.79 Å². The van der Waals surface area contributed by atoms with E-state index in [1.54, 1.807) is 24.3 Å². The van der Waals surface area contributed by atoms with Crippen molar-refractivity contribution < 1.29 is 14.3 Å². The van der Waals surface area contributed by atoms with Crippen molar-refractivity contribution >= 4 is 35.6 Å². The van der Waals surface area contributed by atoms with Crippen molar-refractivity contribution in [2.24, 2.45) is 0 Å². The number of anilines is 3. The average molecular weight is 347 g/mol. The van der Waals surface area contributed by atoms with Crippen LogP contribution >= 0.6 is 12.2 Å². The number of carbonyl (C=O) groups is 1. The first kappa shape index (κ1) is 16.2. The molecule has 24 heavy (non-hydrogen) atoms. The number of H-pyrrole nitrogens is 1. The molecule has 0 amide bonds. The number of fused-ring (bicyclic) bond motifs is 1. The van der Waals surface area contributed by atoms with Crippen molar-refractivity contribution in [1.29, 1.82) is 0 Å². The number of hydrogen-bond donors (Lipinski definition) is 3. The van der Waals surface area contributed by atoms with Crippen LogP contribution < -0.4 is 16.0 Å². The second-order valence-corrected chi connectivity index (χ2v) is 5.45. The molecule has 8 nitrogen and oxygen atoms in total. The highest BCUT2D eigenvalue weighted by atomic mass is 32.1. The molecule has 9 heteroatoms.